The van der Waals surface area contributed by atoms with Crippen LogP contribution in [0, 0.1) is 31.4 Å². The predicted octanol–water partition coefficient (Wildman–Crippen LogP) is 6.51. The lowest BCUT2D eigenvalue weighted by molar-refractivity contribution is -0.138. The highest BCUT2D eigenvalue weighted by molar-refractivity contribution is 6.31. The summed E-state index contributed by atoms with van der Waals surface area (Å²) in [6, 6.07) is 12.5. The number of benzene rings is 2. The van der Waals surface area contributed by atoms with Crippen molar-refractivity contribution >= 4 is 23.2 Å². The summed E-state index contributed by atoms with van der Waals surface area (Å²) in [6.45, 7) is 7.00. The number of hydrogen-bond donors (Lipinski definition) is 2. The molecule has 1 aliphatic heterocycles. The Morgan fingerprint density at radius 2 is 1.78 bits per heavy atom. The molecule has 0 spiro atoms. The van der Waals surface area contributed by atoms with E-state index >= 15 is 4.39 Å². The van der Waals surface area contributed by atoms with Crippen LogP contribution in [0.4, 0.5) is 14.5 Å². The van der Waals surface area contributed by atoms with E-state index < -0.39 is 28.8 Å². The van der Waals surface area contributed by atoms with Gasteiger partial charge in [-0.05, 0) is 91.1 Å². The molecule has 2 aromatic heterocycles. The number of hydrogen-bond acceptors (Lipinski definition) is 4. The Morgan fingerprint density at radius 3 is 2.46 bits per heavy atom. The Morgan fingerprint density at radius 1 is 1.07 bits per heavy atom. The van der Waals surface area contributed by atoms with Crippen LogP contribution in [0.2, 0.25) is 5.02 Å². The third kappa shape index (κ3) is 4.28. The summed E-state index contributed by atoms with van der Waals surface area (Å²) in [4.78, 5) is 30.6. The van der Waals surface area contributed by atoms with E-state index in [-0.39, 0.29) is 39.5 Å². The fraction of sp³-hybridized carbons (Fsp3) is 0.281. The molecule has 41 heavy (non-hydrogen) atoms. The number of aryl methyl sites for hydroxylation is 2. The zero-order valence-electron chi connectivity index (χ0n) is 22.9. The van der Waals surface area contributed by atoms with Crippen molar-refractivity contribution in [1.82, 2.24) is 9.55 Å². The Hall–Kier alpha value is -3.88. The molecule has 1 amide bonds. The third-order valence-corrected chi connectivity index (χ3v) is 8.77. The number of rotatable bonds is 5. The maximum absolute atomic E-state index is 15.5. The minimum Gasteiger partial charge on any atom is -0.375 e. The summed E-state index contributed by atoms with van der Waals surface area (Å²) >= 11 is 6.66. The number of pyridine rings is 2. The Bertz CT molecular complexity index is 1800. The maximum Gasteiger partial charge on any atom is 0.274 e. The normalized spacial score (nSPS) is 21.2. The predicted molar refractivity (Wildman–Crippen MR) is 154 cm³/mol. The number of nitrogens with one attached hydrogen (secondary N) is 1. The standard InChI is InChI=1S/C32H28ClF2N3O3/c1-15(2)32(41)24-12-25(35)23(11-27(24)37-31(32)40)26-13-28(16(3)14-36-26)38-17(4)9-22(29(33)30(38)39)21-10-20(21)18-5-7-19(34)8-6-18/h5-9,11-15,20-21,41H,10H2,1-4H3,(H,37,40)/t20-,21+,32-/m1/s1. The highest BCUT2D eigenvalue weighted by atomic mass is 35.5. The molecule has 3 heterocycles. The fourth-order valence-electron chi connectivity index (χ4n) is 5.92. The quantitative estimate of drug-likeness (QED) is 0.284. The van der Waals surface area contributed by atoms with Crippen LogP contribution in [-0.4, -0.2) is 20.6 Å². The van der Waals surface area contributed by atoms with Crippen LogP contribution in [0.5, 0.6) is 0 Å². The van der Waals surface area contributed by atoms with Crippen molar-refractivity contribution in [3.63, 3.8) is 0 Å². The van der Waals surface area contributed by atoms with Gasteiger partial charge in [0.25, 0.3) is 11.5 Å². The molecule has 1 aliphatic carbocycles. The second kappa shape index (κ2) is 9.60. The summed E-state index contributed by atoms with van der Waals surface area (Å²) in [7, 11) is 0. The van der Waals surface area contributed by atoms with Gasteiger partial charge >= 0.3 is 0 Å². The van der Waals surface area contributed by atoms with Gasteiger partial charge in [-0.15, -0.1) is 0 Å². The monoisotopic (exact) mass is 575 g/mol. The van der Waals surface area contributed by atoms with Crippen molar-refractivity contribution in [2.24, 2.45) is 5.92 Å². The first kappa shape index (κ1) is 27.3. The summed E-state index contributed by atoms with van der Waals surface area (Å²) in [5.41, 5.74) is 2.23. The first-order valence-electron chi connectivity index (χ1n) is 13.4. The van der Waals surface area contributed by atoms with E-state index in [1.807, 2.05) is 13.0 Å². The van der Waals surface area contributed by atoms with E-state index in [1.165, 1.54) is 28.8 Å². The molecule has 210 valence electrons. The average Bonchev–Trinajstić information content (AvgIpc) is 3.68. The van der Waals surface area contributed by atoms with Crippen LogP contribution in [0.1, 0.15) is 60.1 Å². The molecule has 0 radical (unpaired) electrons. The second-order valence-electron chi connectivity index (χ2n) is 11.3. The van der Waals surface area contributed by atoms with Crippen LogP contribution < -0.4 is 10.9 Å². The third-order valence-electron chi connectivity index (χ3n) is 8.39. The molecular weight excluding hydrogens is 548 g/mol. The summed E-state index contributed by atoms with van der Waals surface area (Å²) < 4.78 is 30.3. The lowest BCUT2D eigenvalue weighted by atomic mass is 9.84. The molecule has 3 atom stereocenters. The first-order chi connectivity index (χ1) is 19.4. The summed E-state index contributed by atoms with van der Waals surface area (Å²) in [6.07, 6.45) is 2.37. The van der Waals surface area contributed by atoms with Crippen LogP contribution in [-0.2, 0) is 10.4 Å². The van der Waals surface area contributed by atoms with Gasteiger partial charge in [0.1, 0.15) is 16.7 Å². The van der Waals surface area contributed by atoms with Gasteiger partial charge in [0.2, 0.25) is 0 Å². The molecule has 0 saturated heterocycles. The molecule has 1 saturated carbocycles. The van der Waals surface area contributed by atoms with Gasteiger partial charge in [0.05, 0.1) is 11.4 Å². The van der Waals surface area contributed by atoms with E-state index in [9.17, 15) is 19.1 Å². The van der Waals surface area contributed by atoms with E-state index in [4.69, 9.17) is 11.6 Å². The summed E-state index contributed by atoms with van der Waals surface area (Å²) in [5.74, 6) is -1.80. The zero-order valence-corrected chi connectivity index (χ0v) is 23.7. The molecule has 2 aromatic carbocycles. The minimum atomic E-state index is -1.83. The van der Waals surface area contributed by atoms with Crippen molar-refractivity contribution in [2.75, 3.05) is 5.32 Å². The van der Waals surface area contributed by atoms with E-state index in [2.05, 4.69) is 10.3 Å². The van der Waals surface area contributed by atoms with Gasteiger partial charge in [-0.1, -0.05) is 37.6 Å². The molecule has 9 heteroatoms. The maximum atomic E-state index is 15.5. The summed E-state index contributed by atoms with van der Waals surface area (Å²) in [5, 5.41) is 13.8. The number of carbonyl (C=O) groups excluding carboxylic acids is 1. The van der Waals surface area contributed by atoms with Crippen molar-refractivity contribution in [3.05, 3.63) is 110 Å². The zero-order chi connectivity index (χ0) is 29.4. The number of carbonyl (C=O) groups is 1. The number of aliphatic hydroxyl groups is 1. The molecule has 4 aromatic rings. The molecule has 0 unspecified atom stereocenters. The second-order valence-corrected chi connectivity index (χ2v) is 11.7. The first-order valence-corrected chi connectivity index (χ1v) is 13.8. The van der Waals surface area contributed by atoms with Gasteiger partial charge in [0, 0.05) is 28.7 Å². The highest BCUT2D eigenvalue weighted by Crippen LogP contribution is 2.56. The molecule has 1 fully saturated rings. The minimum absolute atomic E-state index is 0.0586. The van der Waals surface area contributed by atoms with Crippen molar-refractivity contribution < 1.29 is 18.7 Å². The van der Waals surface area contributed by atoms with Gasteiger partial charge in [0.15, 0.2) is 5.60 Å². The molecule has 2 N–H and O–H groups in total. The smallest absolute Gasteiger partial charge is 0.274 e. The molecule has 2 aliphatic rings. The molecule has 0 bridgehead atoms. The van der Waals surface area contributed by atoms with Crippen LogP contribution in [0.25, 0.3) is 16.9 Å². The Balaban J connectivity index is 1.39. The lowest BCUT2D eigenvalue weighted by Crippen LogP contribution is -2.39. The largest absolute Gasteiger partial charge is 0.375 e. The number of aromatic nitrogens is 2. The van der Waals surface area contributed by atoms with Gasteiger partial charge in [-0.3, -0.25) is 19.1 Å². The fourth-order valence-corrected chi connectivity index (χ4v) is 6.20. The van der Waals surface area contributed by atoms with Gasteiger partial charge in [-0.25, -0.2) is 8.78 Å². The van der Waals surface area contributed by atoms with Gasteiger partial charge in [-0.2, -0.15) is 0 Å². The Kier molecular flexibility index (Phi) is 6.39. The van der Waals surface area contributed by atoms with Gasteiger partial charge < -0.3 is 10.4 Å². The lowest BCUT2D eigenvalue weighted by Gasteiger charge is -2.25. The number of nitrogens with zero attached hydrogens (tertiary/aromatic N) is 2. The Labute approximate surface area is 240 Å². The van der Waals surface area contributed by atoms with Crippen LogP contribution >= 0.6 is 11.6 Å². The van der Waals surface area contributed by atoms with Crippen molar-refractivity contribution in [3.8, 4) is 16.9 Å². The average molecular weight is 576 g/mol. The van der Waals surface area contributed by atoms with Crippen LogP contribution in [0.3, 0.4) is 0 Å². The molecular formula is C32H28ClF2N3O3. The number of fused-ring (bicyclic) bond motifs is 1. The van der Waals surface area contributed by atoms with E-state index in [1.54, 1.807) is 45.2 Å². The topological polar surface area (TPSA) is 84.2 Å². The highest BCUT2D eigenvalue weighted by Gasteiger charge is 2.48. The SMILES string of the molecule is Cc1cnc(-c2cc3c(cc2F)[C@](O)(C(C)C)C(=O)N3)cc1-n1c(C)cc([C@H]2C[C@@H]2c2ccc(F)cc2)c(Cl)c1=O. The van der Waals surface area contributed by atoms with Crippen molar-refractivity contribution in [1.29, 1.82) is 0 Å². The number of anilines is 1. The molecule has 6 rings (SSSR count). The van der Waals surface area contributed by atoms with E-state index in [0.717, 1.165) is 17.5 Å². The number of amides is 1. The number of halogens is 3. The van der Waals surface area contributed by atoms with Crippen LogP contribution in [0.15, 0.2) is 59.5 Å². The van der Waals surface area contributed by atoms with Crippen molar-refractivity contribution in [2.45, 2.75) is 51.6 Å². The molecule has 6 nitrogen and oxygen atoms in total. The van der Waals surface area contributed by atoms with E-state index in [0.29, 0.717) is 22.6 Å².